The lowest BCUT2D eigenvalue weighted by Crippen LogP contribution is -2.37. The van der Waals surface area contributed by atoms with E-state index >= 15 is 0 Å². The maximum atomic E-state index is 13.3. The van der Waals surface area contributed by atoms with Gasteiger partial charge in [-0.3, -0.25) is 9.59 Å². The highest BCUT2D eigenvalue weighted by Crippen LogP contribution is 2.42. The van der Waals surface area contributed by atoms with Crippen molar-refractivity contribution < 1.29 is 28.2 Å². The second-order valence-electron chi connectivity index (χ2n) is 7.30. The van der Waals surface area contributed by atoms with Gasteiger partial charge in [0.1, 0.15) is 5.82 Å². The number of rotatable bonds is 8. The van der Waals surface area contributed by atoms with Crippen LogP contribution in [0, 0.1) is 11.7 Å². The number of halogens is 1. The molecule has 31 heavy (non-hydrogen) atoms. The van der Waals surface area contributed by atoms with Gasteiger partial charge in [0.2, 0.25) is 5.91 Å². The fourth-order valence-corrected chi connectivity index (χ4v) is 3.94. The molecule has 0 saturated carbocycles. The normalized spacial score (nSPS) is 18.0. The molecule has 0 radical (unpaired) electrons. The van der Waals surface area contributed by atoms with Crippen molar-refractivity contribution in [3.05, 3.63) is 59.4 Å². The Labute approximate surface area is 181 Å². The van der Waals surface area contributed by atoms with E-state index in [0.717, 1.165) is 5.56 Å². The average molecular weight is 430 g/mol. The molecule has 1 fully saturated rings. The van der Waals surface area contributed by atoms with Crippen molar-refractivity contribution in [3.8, 4) is 11.5 Å². The highest BCUT2D eigenvalue weighted by molar-refractivity contribution is 5.95. The molecule has 3 rings (SSSR count). The van der Waals surface area contributed by atoms with Crippen LogP contribution in [-0.2, 0) is 9.53 Å². The molecule has 7 nitrogen and oxygen atoms in total. The molecule has 2 atom stereocenters. The van der Waals surface area contributed by atoms with Crippen molar-refractivity contribution in [1.29, 1.82) is 0 Å². The zero-order chi connectivity index (χ0) is 22.4. The van der Waals surface area contributed by atoms with E-state index in [9.17, 15) is 14.0 Å². The molecule has 166 valence electrons. The molecular weight excluding hydrogens is 403 g/mol. The van der Waals surface area contributed by atoms with E-state index in [2.05, 4.69) is 5.32 Å². The minimum atomic E-state index is -0.484. The summed E-state index contributed by atoms with van der Waals surface area (Å²) in [7, 11) is 4.66. The van der Waals surface area contributed by atoms with Gasteiger partial charge in [-0.1, -0.05) is 12.1 Å². The summed E-state index contributed by atoms with van der Waals surface area (Å²) in [6.07, 6.45) is 0. The molecule has 2 aromatic rings. The fourth-order valence-electron chi connectivity index (χ4n) is 3.94. The third-order valence-electron chi connectivity index (χ3n) is 5.47. The molecule has 0 aromatic heterocycles. The summed E-state index contributed by atoms with van der Waals surface area (Å²) in [6.45, 7) is 1.33. The van der Waals surface area contributed by atoms with Gasteiger partial charge in [0.25, 0.3) is 5.91 Å². The average Bonchev–Trinajstić information content (AvgIpc) is 3.24. The number of amides is 2. The minimum absolute atomic E-state index is 0.165. The molecule has 1 saturated heterocycles. The highest BCUT2D eigenvalue weighted by Gasteiger charge is 2.42. The van der Waals surface area contributed by atoms with Crippen LogP contribution in [0.4, 0.5) is 4.39 Å². The molecule has 8 heteroatoms. The van der Waals surface area contributed by atoms with Crippen molar-refractivity contribution >= 4 is 11.8 Å². The number of likely N-dealkylation sites (tertiary alicyclic amines) is 1. The Balaban J connectivity index is 1.91. The lowest BCUT2D eigenvalue weighted by molar-refractivity contribution is -0.125. The quantitative estimate of drug-likeness (QED) is 0.651. The van der Waals surface area contributed by atoms with Crippen LogP contribution in [0.1, 0.15) is 21.8 Å². The van der Waals surface area contributed by atoms with Gasteiger partial charge in [-0.2, -0.15) is 0 Å². The Morgan fingerprint density at radius 1 is 1.06 bits per heavy atom. The Morgan fingerprint density at radius 3 is 2.45 bits per heavy atom. The van der Waals surface area contributed by atoms with Crippen molar-refractivity contribution in [2.45, 2.75) is 5.92 Å². The standard InChI is InChI=1S/C23H27FN2O5/c1-29-12-11-25-22(27)19-14-26(23(28)15-7-9-16(24)10-8-15)13-18(19)17-5-4-6-20(30-2)21(17)31-3/h4-10,18-19H,11-14H2,1-3H3,(H,25,27)/t18-,19+/m1/s1. The number of hydrogen-bond acceptors (Lipinski definition) is 5. The minimum Gasteiger partial charge on any atom is -0.493 e. The fraction of sp³-hybridized carbons (Fsp3) is 0.391. The van der Waals surface area contributed by atoms with Crippen LogP contribution in [0.5, 0.6) is 11.5 Å². The summed E-state index contributed by atoms with van der Waals surface area (Å²) >= 11 is 0. The lowest BCUT2D eigenvalue weighted by atomic mass is 9.87. The van der Waals surface area contributed by atoms with E-state index in [1.165, 1.54) is 24.3 Å². The smallest absolute Gasteiger partial charge is 0.253 e. The van der Waals surface area contributed by atoms with Gasteiger partial charge in [-0.05, 0) is 30.3 Å². The van der Waals surface area contributed by atoms with Gasteiger partial charge in [0.15, 0.2) is 11.5 Å². The van der Waals surface area contributed by atoms with Gasteiger partial charge in [-0.25, -0.2) is 4.39 Å². The van der Waals surface area contributed by atoms with Crippen LogP contribution >= 0.6 is 0 Å². The summed E-state index contributed by atoms with van der Waals surface area (Å²) in [4.78, 5) is 27.6. The number of benzene rings is 2. The van der Waals surface area contributed by atoms with Gasteiger partial charge in [-0.15, -0.1) is 0 Å². The van der Waals surface area contributed by atoms with E-state index < -0.39 is 11.7 Å². The molecule has 1 aliphatic heterocycles. The third kappa shape index (κ3) is 4.96. The van der Waals surface area contributed by atoms with Crippen molar-refractivity contribution in [1.82, 2.24) is 10.2 Å². The van der Waals surface area contributed by atoms with Crippen molar-refractivity contribution in [2.75, 3.05) is 47.6 Å². The first-order valence-electron chi connectivity index (χ1n) is 10.0. The number of nitrogens with zero attached hydrogens (tertiary/aromatic N) is 1. The van der Waals surface area contributed by atoms with E-state index in [0.29, 0.717) is 36.8 Å². The number of nitrogens with one attached hydrogen (secondary N) is 1. The van der Waals surface area contributed by atoms with Crippen molar-refractivity contribution in [3.63, 3.8) is 0 Å². The monoisotopic (exact) mass is 430 g/mol. The SMILES string of the molecule is COCCNC(=O)[C@H]1CN(C(=O)c2ccc(F)cc2)C[C@@H]1c1cccc(OC)c1OC. The van der Waals surface area contributed by atoms with Gasteiger partial charge in [0.05, 0.1) is 26.7 Å². The molecule has 1 aliphatic rings. The maximum Gasteiger partial charge on any atom is 0.253 e. The number of para-hydroxylation sites is 1. The number of methoxy groups -OCH3 is 3. The molecule has 0 aliphatic carbocycles. The van der Waals surface area contributed by atoms with Crippen LogP contribution in [0.25, 0.3) is 0 Å². The molecular formula is C23H27FN2O5. The van der Waals surface area contributed by atoms with Gasteiger partial charge in [0, 0.05) is 43.8 Å². The van der Waals surface area contributed by atoms with Gasteiger partial charge >= 0.3 is 0 Å². The van der Waals surface area contributed by atoms with Crippen LogP contribution in [0.15, 0.2) is 42.5 Å². The molecule has 2 aromatic carbocycles. The first kappa shape index (κ1) is 22.6. The van der Waals surface area contributed by atoms with E-state index in [1.807, 2.05) is 12.1 Å². The molecule has 0 spiro atoms. The topological polar surface area (TPSA) is 77.1 Å². The number of hydrogen-bond donors (Lipinski definition) is 1. The van der Waals surface area contributed by atoms with E-state index in [-0.39, 0.29) is 24.3 Å². The zero-order valence-corrected chi connectivity index (χ0v) is 17.9. The summed E-state index contributed by atoms with van der Waals surface area (Å²) in [5.41, 5.74) is 1.17. The molecule has 0 unspecified atom stereocenters. The predicted molar refractivity (Wildman–Crippen MR) is 113 cm³/mol. The van der Waals surface area contributed by atoms with Crippen LogP contribution in [-0.4, -0.2) is 64.3 Å². The largest absolute Gasteiger partial charge is 0.493 e. The van der Waals surface area contributed by atoms with Crippen LogP contribution < -0.4 is 14.8 Å². The van der Waals surface area contributed by atoms with Crippen LogP contribution in [0.2, 0.25) is 0 Å². The Bertz CT molecular complexity index is 919. The molecule has 1 heterocycles. The van der Waals surface area contributed by atoms with Gasteiger partial charge < -0.3 is 24.4 Å². The number of ether oxygens (including phenoxy) is 3. The Hall–Kier alpha value is -3.13. The van der Waals surface area contributed by atoms with E-state index in [1.54, 1.807) is 32.3 Å². The first-order chi connectivity index (χ1) is 15.0. The Morgan fingerprint density at radius 2 is 1.81 bits per heavy atom. The van der Waals surface area contributed by atoms with Crippen LogP contribution in [0.3, 0.4) is 0 Å². The maximum absolute atomic E-state index is 13.3. The Kier molecular flexibility index (Phi) is 7.46. The third-order valence-corrected chi connectivity index (χ3v) is 5.47. The second kappa shape index (κ2) is 10.3. The van der Waals surface area contributed by atoms with E-state index in [4.69, 9.17) is 14.2 Å². The summed E-state index contributed by atoms with van der Waals surface area (Å²) in [5, 5.41) is 2.87. The summed E-state index contributed by atoms with van der Waals surface area (Å²) < 4.78 is 29.3. The number of carbonyl (C=O) groups is 2. The summed E-state index contributed by atoms with van der Waals surface area (Å²) in [5.74, 6) is -0.505. The predicted octanol–water partition coefficient (Wildman–Crippen LogP) is 2.46. The molecule has 0 bridgehead atoms. The highest BCUT2D eigenvalue weighted by atomic mass is 19.1. The summed E-state index contributed by atoms with van der Waals surface area (Å²) in [6, 6.07) is 10.9. The second-order valence-corrected chi connectivity index (χ2v) is 7.30. The number of carbonyl (C=O) groups excluding carboxylic acids is 2. The van der Waals surface area contributed by atoms with Crippen molar-refractivity contribution in [2.24, 2.45) is 5.92 Å². The molecule has 2 amide bonds. The molecule has 1 N–H and O–H groups in total. The zero-order valence-electron chi connectivity index (χ0n) is 17.9. The first-order valence-corrected chi connectivity index (χ1v) is 10.0. The lowest BCUT2D eigenvalue weighted by Gasteiger charge is -2.21.